The lowest BCUT2D eigenvalue weighted by Crippen LogP contribution is -2.34. The summed E-state index contributed by atoms with van der Waals surface area (Å²) in [5, 5.41) is 8.70. The van der Waals surface area contributed by atoms with Gasteiger partial charge in [0.1, 0.15) is 6.61 Å². The third kappa shape index (κ3) is 8.93. The Kier molecular flexibility index (Phi) is 7.13. The smallest absolute Gasteiger partial charge is 0.411 e. The molecule has 0 aromatic rings. The van der Waals surface area contributed by atoms with E-state index in [4.69, 9.17) is 5.11 Å². The molecule has 0 aliphatic rings. The molecule has 17 heavy (non-hydrogen) atoms. The molecular formula is C10H18F3NO3. The number of halogens is 3. The lowest BCUT2D eigenvalue weighted by Gasteiger charge is -2.22. The van der Waals surface area contributed by atoms with Crippen LogP contribution < -0.4 is 0 Å². The zero-order valence-corrected chi connectivity index (χ0v) is 9.96. The summed E-state index contributed by atoms with van der Waals surface area (Å²) in [5.41, 5.74) is 0. The van der Waals surface area contributed by atoms with Gasteiger partial charge in [0.15, 0.2) is 0 Å². The SMILES string of the molecule is CCN(CCOCC(F)(F)F)CC(C)C(=O)O. The van der Waals surface area contributed by atoms with E-state index in [1.807, 2.05) is 6.92 Å². The molecule has 0 heterocycles. The number of hydrogen-bond donors (Lipinski definition) is 1. The van der Waals surface area contributed by atoms with Gasteiger partial charge in [-0.25, -0.2) is 0 Å². The Bertz CT molecular complexity index is 233. The minimum Gasteiger partial charge on any atom is -0.481 e. The quantitative estimate of drug-likeness (QED) is 0.671. The summed E-state index contributed by atoms with van der Waals surface area (Å²) in [6.07, 6.45) is -4.31. The number of ether oxygens (including phenoxy) is 1. The van der Waals surface area contributed by atoms with Crippen LogP contribution in [0, 0.1) is 5.92 Å². The van der Waals surface area contributed by atoms with Crippen LogP contribution in [0.25, 0.3) is 0 Å². The zero-order valence-electron chi connectivity index (χ0n) is 9.96. The molecule has 1 unspecified atom stereocenters. The van der Waals surface area contributed by atoms with Crippen LogP contribution in [0.1, 0.15) is 13.8 Å². The van der Waals surface area contributed by atoms with Crippen LogP contribution in [0.15, 0.2) is 0 Å². The number of carboxylic acid groups (broad SMARTS) is 1. The third-order valence-corrected chi connectivity index (χ3v) is 2.22. The fourth-order valence-electron chi connectivity index (χ4n) is 1.23. The van der Waals surface area contributed by atoms with Gasteiger partial charge < -0.3 is 14.7 Å². The summed E-state index contributed by atoms with van der Waals surface area (Å²) >= 11 is 0. The predicted molar refractivity (Wildman–Crippen MR) is 55.8 cm³/mol. The predicted octanol–water partition coefficient (Wildman–Crippen LogP) is 1.61. The minimum absolute atomic E-state index is 0.0559. The topological polar surface area (TPSA) is 49.8 Å². The van der Waals surface area contributed by atoms with Gasteiger partial charge in [-0.1, -0.05) is 13.8 Å². The zero-order chi connectivity index (χ0) is 13.5. The molecule has 0 rings (SSSR count). The van der Waals surface area contributed by atoms with Crippen molar-refractivity contribution in [3.05, 3.63) is 0 Å². The minimum atomic E-state index is -4.31. The molecular weight excluding hydrogens is 239 g/mol. The average molecular weight is 257 g/mol. The number of rotatable bonds is 8. The number of likely N-dealkylation sites (N-methyl/N-ethyl adjacent to an activating group) is 1. The van der Waals surface area contributed by atoms with Crippen molar-refractivity contribution in [2.24, 2.45) is 5.92 Å². The molecule has 0 radical (unpaired) electrons. The Balaban J connectivity index is 3.79. The van der Waals surface area contributed by atoms with Gasteiger partial charge in [0.05, 0.1) is 12.5 Å². The van der Waals surface area contributed by atoms with E-state index in [9.17, 15) is 18.0 Å². The summed E-state index contributed by atoms with van der Waals surface area (Å²) in [4.78, 5) is 12.4. The van der Waals surface area contributed by atoms with Crippen LogP contribution in [0.2, 0.25) is 0 Å². The van der Waals surface area contributed by atoms with Crippen molar-refractivity contribution in [1.82, 2.24) is 4.90 Å². The molecule has 0 aromatic carbocycles. The third-order valence-electron chi connectivity index (χ3n) is 2.22. The van der Waals surface area contributed by atoms with Crippen molar-refractivity contribution >= 4 is 5.97 Å². The number of aliphatic carboxylic acids is 1. The van der Waals surface area contributed by atoms with E-state index in [2.05, 4.69) is 4.74 Å². The molecule has 0 saturated heterocycles. The maximum atomic E-state index is 11.8. The van der Waals surface area contributed by atoms with Gasteiger partial charge in [-0.15, -0.1) is 0 Å². The highest BCUT2D eigenvalue weighted by Gasteiger charge is 2.27. The van der Waals surface area contributed by atoms with Crippen LogP contribution in [-0.2, 0) is 9.53 Å². The normalized spacial score (nSPS) is 14.0. The lowest BCUT2D eigenvalue weighted by atomic mass is 10.2. The monoisotopic (exact) mass is 257 g/mol. The van der Waals surface area contributed by atoms with Gasteiger partial charge in [-0.05, 0) is 6.54 Å². The van der Waals surface area contributed by atoms with Gasteiger partial charge in [-0.2, -0.15) is 13.2 Å². The van der Waals surface area contributed by atoms with Crippen LogP contribution in [0.4, 0.5) is 13.2 Å². The Morgan fingerprint density at radius 2 is 2.06 bits per heavy atom. The standard InChI is InChI=1S/C10H18F3NO3/c1-3-14(6-8(2)9(15)16)4-5-17-7-10(11,12)13/h8H,3-7H2,1-2H3,(H,15,16). The first kappa shape index (κ1) is 16.2. The van der Waals surface area contributed by atoms with E-state index in [0.29, 0.717) is 19.6 Å². The van der Waals surface area contributed by atoms with E-state index in [0.717, 1.165) is 0 Å². The molecule has 4 nitrogen and oxygen atoms in total. The molecule has 0 aliphatic carbocycles. The highest BCUT2D eigenvalue weighted by atomic mass is 19.4. The summed E-state index contributed by atoms with van der Waals surface area (Å²) < 4.78 is 39.7. The lowest BCUT2D eigenvalue weighted by molar-refractivity contribution is -0.174. The maximum absolute atomic E-state index is 11.8. The van der Waals surface area contributed by atoms with E-state index >= 15 is 0 Å². The van der Waals surface area contributed by atoms with E-state index in [1.165, 1.54) is 0 Å². The Labute approximate surface area is 98.3 Å². The molecule has 0 fully saturated rings. The van der Waals surface area contributed by atoms with Crippen molar-refractivity contribution in [3.8, 4) is 0 Å². The van der Waals surface area contributed by atoms with E-state index in [1.54, 1.807) is 11.8 Å². The summed E-state index contributed by atoms with van der Waals surface area (Å²) in [6.45, 7) is 3.23. The van der Waals surface area contributed by atoms with Crippen molar-refractivity contribution in [2.75, 3.05) is 32.8 Å². The van der Waals surface area contributed by atoms with Gasteiger partial charge >= 0.3 is 12.1 Å². The maximum Gasteiger partial charge on any atom is 0.411 e. The second-order valence-electron chi connectivity index (χ2n) is 3.80. The molecule has 0 spiro atoms. The molecule has 1 N–H and O–H groups in total. The van der Waals surface area contributed by atoms with Crippen molar-refractivity contribution < 1.29 is 27.8 Å². The first-order chi connectivity index (χ1) is 7.76. The number of hydrogen-bond acceptors (Lipinski definition) is 3. The van der Waals surface area contributed by atoms with Gasteiger partial charge in [0.25, 0.3) is 0 Å². The van der Waals surface area contributed by atoms with E-state index < -0.39 is 24.7 Å². The first-order valence-corrected chi connectivity index (χ1v) is 5.36. The number of alkyl halides is 3. The van der Waals surface area contributed by atoms with Gasteiger partial charge in [0.2, 0.25) is 0 Å². The molecule has 0 amide bonds. The average Bonchev–Trinajstić information content (AvgIpc) is 2.20. The van der Waals surface area contributed by atoms with Crippen LogP contribution in [0.3, 0.4) is 0 Å². The van der Waals surface area contributed by atoms with Crippen LogP contribution >= 0.6 is 0 Å². The molecule has 1 atom stereocenters. The number of nitrogens with zero attached hydrogens (tertiary/aromatic N) is 1. The molecule has 0 saturated carbocycles. The second-order valence-corrected chi connectivity index (χ2v) is 3.80. The van der Waals surface area contributed by atoms with Crippen LogP contribution in [0.5, 0.6) is 0 Å². The highest BCUT2D eigenvalue weighted by molar-refractivity contribution is 5.69. The summed E-state index contributed by atoms with van der Waals surface area (Å²) in [7, 11) is 0. The fraction of sp³-hybridized carbons (Fsp3) is 0.900. The number of carbonyl (C=O) groups is 1. The Morgan fingerprint density at radius 3 is 2.47 bits per heavy atom. The molecule has 102 valence electrons. The fourth-order valence-corrected chi connectivity index (χ4v) is 1.23. The first-order valence-electron chi connectivity index (χ1n) is 5.36. The van der Waals surface area contributed by atoms with Crippen molar-refractivity contribution in [1.29, 1.82) is 0 Å². The van der Waals surface area contributed by atoms with E-state index in [-0.39, 0.29) is 6.61 Å². The van der Waals surface area contributed by atoms with Crippen molar-refractivity contribution in [3.63, 3.8) is 0 Å². The summed E-state index contributed by atoms with van der Waals surface area (Å²) in [5.74, 6) is -1.46. The molecule has 7 heteroatoms. The summed E-state index contributed by atoms with van der Waals surface area (Å²) in [6, 6.07) is 0. The van der Waals surface area contributed by atoms with Crippen molar-refractivity contribution in [2.45, 2.75) is 20.0 Å². The second kappa shape index (κ2) is 7.50. The number of carboxylic acids is 1. The Morgan fingerprint density at radius 1 is 1.47 bits per heavy atom. The largest absolute Gasteiger partial charge is 0.481 e. The Hall–Kier alpha value is -0.820. The van der Waals surface area contributed by atoms with Gasteiger partial charge in [0, 0.05) is 13.1 Å². The molecule has 0 bridgehead atoms. The molecule has 0 aliphatic heterocycles. The molecule has 0 aromatic heterocycles. The highest BCUT2D eigenvalue weighted by Crippen LogP contribution is 2.14. The van der Waals surface area contributed by atoms with Gasteiger partial charge in [-0.3, -0.25) is 4.79 Å². The van der Waals surface area contributed by atoms with Crippen LogP contribution in [-0.4, -0.2) is 55.0 Å².